The Kier molecular flexibility index (Phi) is 11.6. The number of para-hydroxylation sites is 3. The number of imidazole rings is 1. The average molecular weight is 938 g/mol. The molecule has 0 amide bonds. The van der Waals surface area contributed by atoms with E-state index in [2.05, 4.69) is 166 Å². The maximum atomic E-state index is 6.12. The number of hydrogen-bond donors (Lipinski definition) is 0. The summed E-state index contributed by atoms with van der Waals surface area (Å²) in [6.07, 6.45) is 2.02. The smallest absolute Gasteiger partial charge is 0.120 e. The maximum Gasteiger partial charge on any atom is 0.120 e. The molecule has 0 N–H and O–H groups in total. The van der Waals surface area contributed by atoms with Crippen LogP contribution in [0.1, 0.15) is 50.7 Å². The number of nitrogens with zero attached hydrogens (tertiary/aromatic N) is 3. The van der Waals surface area contributed by atoms with E-state index >= 15 is 0 Å². The summed E-state index contributed by atoms with van der Waals surface area (Å²) in [7, 11) is -1.23. The summed E-state index contributed by atoms with van der Waals surface area (Å²) in [5, 5.41) is 3.58. The summed E-state index contributed by atoms with van der Waals surface area (Å²) in [5.41, 5.74) is 13.1. The van der Waals surface area contributed by atoms with Crippen molar-refractivity contribution in [3.63, 3.8) is 0 Å². The molecule has 3 heterocycles. The van der Waals surface area contributed by atoms with E-state index in [1.807, 2.05) is 48.7 Å². The van der Waals surface area contributed by atoms with Gasteiger partial charge in [-0.15, -0.1) is 59.7 Å². The molecule has 6 heteroatoms. The summed E-state index contributed by atoms with van der Waals surface area (Å²) in [5.74, 6) is 1.52. The van der Waals surface area contributed by atoms with Gasteiger partial charge in [-0.05, 0) is 75.3 Å². The van der Waals surface area contributed by atoms with Gasteiger partial charge in [0.1, 0.15) is 5.58 Å². The first kappa shape index (κ1) is 39.8. The number of rotatable bonds is 7. The Morgan fingerprint density at radius 1 is 0.632 bits per heavy atom. The SMILES string of the molecule is CC(C)c1cc(-c2ccccc2)cc(C(C)C)c1-n1c(-c2[c-]cc3oc4ccccc4c3c2)nc2ccccc21.C[Si](C)(C)c1ccc(-c2[c-]cccc2)nc1.[Ir]. The second-order valence-electron chi connectivity index (χ2n) is 16.1. The zero-order valence-corrected chi connectivity index (χ0v) is 37.0. The number of pyridine rings is 1. The summed E-state index contributed by atoms with van der Waals surface area (Å²) < 4.78 is 8.48. The minimum atomic E-state index is -1.23. The van der Waals surface area contributed by atoms with Crippen LogP contribution in [0.4, 0.5) is 0 Å². The summed E-state index contributed by atoms with van der Waals surface area (Å²) in [6, 6.07) is 55.2. The summed E-state index contributed by atoms with van der Waals surface area (Å²) in [6.45, 7) is 16.1. The van der Waals surface area contributed by atoms with Crippen molar-refractivity contribution in [1.82, 2.24) is 14.5 Å². The van der Waals surface area contributed by atoms with Gasteiger partial charge in [-0.3, -0.25) is 4.98 Å². The molecule has 1 radical (unpaired) electrons. The summed E-state index contributed by atoms with van der Waals surface area (Å²) >= 11 is 0. The molecule has 9 rings (SSSR count). The number of furan rings is 1. The van der Waals surface area contributed by atoms with Gasteiger partial charge in [0.05, 0.1) is 30.5 Å². The van der Waals surface area contributed by atoms with Crippen LogP contribution >= 0.6 is 0 Å². The van der Waals surface area contributed by atoms with E-state index < -0.39 is 8.07 Å². The van der Waals surface area contributed by atoms with E-state index in [-0.39, 0.29) is 20.1 Å². The molecule has 57 heavy (non-hydrogen) atoms. The van der Waals surface area contributed by atoms with E-state index in [0.717, 1.165) is 55.6 Å². The van der Waals surface area contributed by atoms with E-state index in [1.165, 1.54) is 33.1 Å². The van der Waals surface area contributed by atoms with Crippen molar-refractivity contribution in [3.05, 3.63) is 169 Å². The van der Waals surface area contributed by atoms with Crippen molar-refractivity contribution in [2.24, 2.45) is 0 Å². The molecular formula is C51H47IrN3OSi-2. The zero-order chi connectivity index (χ0) is 39.0. The third-order valence-corrected chi connectivity index (χ3v) is 12.5. The van der Waals surface area contributed by atoms with Crippen LogP contribution in [0.2, 0.25) is 19.6 Å². The Hall–Kier alpha value is -5.39. The number of fused-ring (bicyclic) bond motifs is 4. The predicted octanol–water partition coefficient (Wildman–Crippen LogP) is 13.4. The molecule has 0 spiro atoms. The van der Waals surface area contributed by atoms with Gasteiger partial charge >= 0.3 is 0 Å². The van der Waals surface area contributed by atoms with Crippen LogP contribution in [0.25, 0.3) is 72.4 Å². The van der Waals surface area contributed by atoms with Crippen molar-refractivity contribution in [2.75, 3.05) is 0 Å². The van der Waals surface area contributed by atoms with Crippen LogP contribution in [-0.2, 0) is 20.1 Å². The van der Waals surface area contributed by atoms with Crippen LogP contribution < -0.4 is 5.19 Å². The van der Waals surface area contributed by atoms with Gasteiger partial charge in [-0.2, -0.15) is 0 Å². The maximum absolute atomic E-state index is 6.12. The molecule has 3 aromatic heterocycles. The first-order valence-electron chi connectivity index (χ1n) is 19.5. The van der Waals surface area contributed by atoms with E-state index in [9.17, 15) is 0 Å². The van der Waals surface area contributed by atoms with Gasteiger partial charge in [-0.25, -0.2) is 0 Å². The largest absolute Gasteiger partial charge is 0.500 e. The van der Waals surface area contributed by atoms with Gasteiger partial charge in [0.15, 0.2) is 0 Å². The first-order valence-corrected chi connectivity index (χ1v) is 23.0. The summed E-state index contributed by atoms with van der Waals surface area (Å²) in [4.78, 5) is 9.73. The molecule has 0 atom stereocenters. The molecule has 0 aliphatic heterocycles. The van der Waals surface area contributed by atoms with Gasteiger partial charge in [0.2, 0.25) is 0 Å². The zero-order valence-electron chi connectivity index (χ0n) is 33.6. The molecule has 0 aliphatic carbocycles. The van der Waals surface area contributed by atoms with Gasteiger partial charge in [0, 0.05) is 37.4 Å². The van der Waals surface area contributed by atoms with Crippen LogP contribution in [-0.4, -0.2) is 22.6 Å². The van der Waals surface area contributed by atoms with Crippen molar-refractivity contribution < 1.29 is 24.5 Å². The molecular weight excluding hydrogens is 891 g/mol. The number of aromatic nitrogens is 3. The Morgan fingerprint density at radius 2 is 1.32 bits per heavy atom. The first-order chi connectivity index (χ1) is 27.1. The fourth-order valence-electron chi connectivity index (χ4n) is 7.40. The fraction of sp³-hybridized carbons (Fsp3) is 0.176. The Balaban J connectivity index is 0.000000246. The molecule has 0 bridgehead atoms. The van der Waals surface area contributed by atoms with Crippen molar-refractivity contribution in [3.8, 4) is 39.5 Å². The number of benzene rings is 6. The Morgan fingerprint density at radius 3 is 1.98 bits per heavy atom. The molecule has 0 saturated carbocycles. The normalized spacial score (nSPS) is 11.6. The van der Waals surface area contributed by atoms with Gasteiger partial charge < -0.3 is 14.0 Å². The quantitative estimate of drug-likeness (QED) is 0.118. The third kappa shape index (κ3) is 8.08. The van der Waals surface area contributed by atoms with Crippen molar-refractivity contribution >= 4 is 46.2 Å². The van der Waals surface area contributed by atoms with Crippen LogP contribution in [0.15, 0.2) is 150 Å². The van der Waals surface area contributed by atoms with Gasteiger partial charge in [0.25, 0.3) is 0 Å². The Labute approximate surface area is 351 Å². The van der Waals surface area contributed by atoms with E-state index in [1.54, 1.807) is 0 Å². The Bertz CT molecular complexity index is 2750. The van der Waals surface area contributed by atoms with Crippen LogP contribution in [0, 0.1) is 12.1 Å². The predicted molar refractivity (Wildman–Crippen MR) is 238 cm³/mol. The molecule has 4 nitrogen and oxygen atoms in total. The topological polar surface area (TPSA) is 43.9 Å². The second kappa shape index (κ2) is 16.6. The second-order valence-corrected chi connectivity index (χ2v) is 21.2. The van der Waals surface area contributed by atoms with Crippen molar-refractivity contribution in [1.29, 1.82) is 0 Å². The number of hydrogen-bond acceptors (Lipinski definition) is 3. The average Bonchev–Trinajstić information content (AvgIpc) is 3.79. The third-order valence-electron chi connectivity index (χ3n) is 10.5. The molecule has 287 valence electrons. The minimum Gasteiger partial charge on any atom is -0.500 e. The minimum absolute atomic E-state index is 0. The standard InChI is InChI=1S/C37H31N2O.C14H16NSi.Ir/c1-23(2)29-21-27(25-12-6-5-7-13-25)22-30(24(3)4)36(29)39-33-16-10-9-15-32(33)38-37(39)26-18-19-35-31(20-26)28-14-8-11-17-34(28)40-35;1-16(2,3)13-9-10-14(15-11-13)12-7-5-4-6-8-12;/h5-17,19-24H,1-4H3;4-7,9-11H,1-3H3;/q2*-1;. The molecule has 6 aromatic carbocycles. The monoisotopic (exact) mass is 938 g/mol. The fourth-order valence-corrected chi connectivity index (χ4v) is 8.43. The molecule has 0 fully saturated rings. The van der Waals surface area contributed by atoms with Crippen molar-refractivity contribution in [2.45, 2.75) is 59.2 Å². The molecule has 9 aromatic rings. The molecule has 0 aliphatic rings. The molecule has 0 saturated heterocycles. The molecule has 0 unspecified atom stereocenters. The van der Waals surface area contributed by atoms with E-state index in [4.69, 9.17) is 9.40 Å². The van der Waals surface area contributed by atoms with E-state index in [0.29, 0.717) is 11.8 Å². The van der Waals surface area contributed by atoms with Crippen LogP contribution in [0.3, 0.4) is 0 Å². The van der Waals surface area contributed by atoms with Gasteiger partial charge in [-0.1, -0.05) is 126 Å². The van der Waals surface area contributed by atoms with Crippen LogP contribution in [0.5, 0.6) is 0 Å².